The van der Waals surface area contributed by atoms with Crippen LogP contribution in [0.1, 0.15) is 39.5 Å². The van der Waals surface area contributed by atoms with Crippen LogP contribution in [-0.4, -0.2) is 13.2 Å². The van der Waals surface area contributed by atoms with Crippen molar-refractivity contribution in [3.63, 3.8) is 0 Å². The molecule has 0 bridgehead atoms. The second kappa shape index (κ2) is 4.66. The summed E-state index contributed by atoms with van der Waals surface area (Å²) in [5.41, 5.74) is 1.57. The van der Waals surface area contributed by atoms with Crippen molar-refractivity contribution in [2.45, 2.75) is 45.6 Å². The molecule has 0 aliphatic heterocycles. The third kappa shape index (κ3) is 2.98. The molecule has 1 aliphatic rings. The Morgan fingerprint density at radius 2 is 2.42 bits per heavy atom. The van der Waals surface area contributed by atoms with Crippen molar-refractivity contribution in [1.29, 1.82) is 0 Å². The molecule has 0 aromatic heterocycles. The fourth-order valence-corrected chi connectivity index (χ4v) is 1.80. The summed E-state index contributed by atoms with van der Waals surface area (Å²) in [6, 6.07) is 0. The normalized spacial score (nSPS) is 26.6. The molecular formula is C11H20O. The zero-order valence-corrected chi connectivity index (χ0v) is 8.47. The van der Waals surface area contributed by atoms with Gasteiger partial charge in [0, 0.05) is 7.11 Å². The van der Waals surface area contributed by atoms with Gasteiger partial charge >= 0.3 is 0 Å². The van der Waals surface area contributed by atoms with Crippen LogP contribution in [0, 0.1) is 5.92 Å². The summed E-state index contributed by atoms with van der Waals surface area (Å²) in [7, 11) is 1.80. The standard InChI is InChI=1S/C11H20O/c1-9-4-6-11(7-5-9)8-10(2)12-3/h4,10-11H,5-8H2,1-3H3. The second-order valence-electron chi connectivity index (χ2n) is 3.97. The maximum Gasteiger partial charge on any atom is 0.0546 e. The molecule has 0 N–H and O–H groups in total. The Labute approximate surface area is 75.8 Å². The second-order valence-corrected chi connectivity index (χ2v) is 3.97. The van der Waals surface area contributed by atoms with Crippen LogP contribution in [0.5, 0.6) is 0 Å². The van der Waals surface area contributed by atoms with Gasteiger partial charge in [0.15, 0.2) is 0 Å². The molecule has 0 radical (unpaired) electrons. The molecule has 0 fully saturated rings. The van der Waals surface area contributed by atoms with E-state index in [1.165, 1.54) is 25.7 Å². The van der Waals surface area contributed by atoms with E-state index >= 15 is 0 Å². The average molecular weight is 168 g/mol. The van der Waals surface area contributed by atoms with Gasteiger partial charge in [-0.15, -0.1) is 0 Å². The molecule has 0 saturated carbocycles. The highest BCUT2D eigenvalue weighted by molar-refractivity contribution is 5.02. The first kappa shape index (κ1) is 9.79. The number of methoxy groups -OCH3 is 1. The lowest BCUT2D eigenvalue weighted by molar-refractivity contribution is 0.0931. The first-order valence-electron chi connectivity index (χ1n) is 4.90. The van der Waals surface area contributed by atoms with E-state index in [9.17, 15) is 0 Å². The van der Waals surface area contributed by atoms with E-state index in [0.29, 0.717) is 6.10 Å². The van der Waals surface area contributed by atoms with Crippen LogP contribution >= 0.6 is 0 Å². The molecule has 0 aromatic carbocycles. The quantitative estimate of drug-likeness (QED) is 0.588. The molecule has 0 aromatic rings. The third-order valence-corrected chi connectivity index (χ3v) is 2.81. The van der Waals surface area contributed by atoms with E-state index in [1.54, 1.807) is 12.7 Å². The van der Waals surface area contributed by atoms with Crippen molar-refractivity contribution in [3.05, 3.63) is 11.6 Å². The summed E-state index contributed by atoms with van der Waals surface area (Å²) in [5.74, 6) is 0.864. The van der Waals surface area contributed by atoms with Crippen molar-refractivity contribution in [2.75, 3.05) is 7.11 Å². The zero-order valence-electron chi connectivity index (χ0n) is 8.47. The van der Waals surface area contributed by atoms with Gasteiger partial charge in [-0.2, -0.15) is 0 Å². The minimum absolute atomic E-state index is 0.432. The SMILES string of the molecule is COC(C)CC1CC=C(C)CC1. The third-order valence-electron chi connectivity index (χ3n) is 2.81. The number of hydrogen-bond acceptors (Lipinski definition) is 1. The predicted octanol–water partition coefficient (Wildman–Crippen LogP) is 3.16. The maximum atomic E-state index is 5.26. The van der Waals surface area contributed by atoms with Crippen molar-refractivity contribution >= 4 is 0 Å². The molecule has 2 unspecified atom stereocenters. The molecule has 1 nitrogen and oxygen atoms in total. The van der Waals surface area contributed by atoms with Gasteiger partial charge in [-0.3, -0.25) is 0 Å². The van der Waals surface area contributed by atoms with Crippen molar-refractivity contribution < 1.29 is 4.74 Å². The maximum absolute atomic E-state index is 5.26. The minimum Gasteiger partial charge on any atom is -0.382 e. The van der Waals surface area contributed by atoms with Gasteiger partial charge in [0.1, 0.15) is 0 Å². The Balaban J connectivity index is 2.27. The van der Waals surface area contributed by atoms with Crippen molar-refractivity contribution in [3.8, 4) is 0 Å². The fraction of sp³-hybridized carbons (Fsp3) is 0.818. The van der Waals surface area contributed by atoms with Gasteiger partial charge in [-0.1, -0.05) is 11.6 Å². The summed E-state index contributed by atoms with van der Waals surface area (Å²) in [4.78, 5) is 0. The highest BCUT2D eigenvalue weighted by Crippen LogP contribution is 2.26. The Hall–Kier alpha value is -0.300. The van der Waals surface area contributed by atoms with E-state index in [2.05, 4.69) is 19.9 Å². The predicted molar refractivity (Wildman–Crippen MR) is 52.2 cm³/mol. The fourth-order valence-electron chi connectivity index (χ4n) is 1.80. The van der Waals surface area contributed by atoms with Gasteiger partial charge < -0.3 is 4.74 Å². The van der Waals surface area contributed by atoms with Crippen molar-refractivity contribution in [2.24, 2.45) is 5.92 Å². The molecule has 1 heteroatoms. The van der Waals surface area contributed by atoms with Crippen LogP contribution in [-0.2, 0) is 4.74 Å². The zero-order chi connectivity index (χ0) is 8.97. The molecule has 2 atom stereocenters. The van der Waals surface area contributed by atoms with E-state index in [1.807, 2.05) is 0 Å². The topological polar surface area (TPSA) is 9.23 Å². The highest BCUT2D eigenvalue weighted by Gasteiger charge is 2.14. The smallest absolute Gasteiger partial charge is 0.0546 e. The summed E-state index contributed by atoms with van der Waals surface area (Å²) >= 11 is 0. The van der Waals surface area contributed by atoms with Gasteiger partial charge in [-0.05, 0) is 45.4 Å². The molecule has 12 heavy (non-hydrogen) atoms. The largest absolute Gasteiger partial charge is 0.382 e. The number of rotatable bonds is 3. The monoisotopic (exact) mass is 168 g/mol. The van der Waals surface area contributed by atoms with Gasteiger partial charge in [0.2, 0.25) is 0 Å². The van der Waals surface area contributed by atoms with Crippen LogP contribution in [0.4, 0.5) is 0 Å². The van der Waals surface area contributed by atoms with Gasteiger partial charge in [-0.25, -0.2) is 0 Å². The summed E-state index contributed by atoms with van der Waals surface area (Å²) in [5, 5.41) is 0. The summed E-state index contributed by atoms with van der Waals surface area (Å²) in [6.45, 7) is 4.39. The summed E-state index contributed by atoms with van der Waals surface area (Å²) < 4.78 is 5.26. The minimum atomic E-state index is 0.432. The highest BCUT2D eigenvalue weighted by atomic mass is 16.5. The van der Waals surface area contributed by atoms with E-state index < -0.39 is 0 Å². The van der Waals surface area contributed by atoms with E-state index in [4.69, 9.17) is 4.74 Å². The molecule has 0 heterocycles. The first-order valence-corrected chi connectivity index (χ1v) is 4.90. The lowest BCUT2D eigenvalue weighted by Gasteiger charge is -2.22. The Morgan fingerprint density at radius 3 is 2.92 bits per heavy atom. The lowest BCUT2D eigenvalue weighted by Crippen LogP contribution is -2.14. The molecule has 0 spiro atoms. The number of allylic oxidation sites excluding steroid dienone is 2. The molecule has 1 rings (SSSR count). The van der Waals surface area contributed by atoms with E-state index in [0.717, 1.165) is 5.92 Å². The summed E-state index contributed by atoms with van der Waals surface area (Å²) in [6.07, 6.45) is 7.95. The first-order chi connectivity index (χ1) is 5.72. The van der Waals surface area contributed by atoms with Crippen molar-refractivity contribution in [1.82, 2.24) is 0 Å². The van der Waals surface area contributed by atoms with Crippen LogP contribution < -0.4 is 0 Å². The Bertz CT molecular complexity index is 160. The van der Waals surface area contributed by atoms with Crippen LogP contribution in [0.25, 0.3) is 0 Å². The molecule has 0 amide bonds. The number of hydrogen-bond donors (Lipinski definition) is 0. The van der Waals surface area contributed by atoms with Gasteiger partial charge in [0.05, 0.1) is 6.10 Å². The Kier molecular flexibility index (Phi) is 3.80. The molecule has 0 saturated heterocycles. The molecule has 1 aliphatic carbocycles. The lowest BCUT2D eigenvalue weighted by atomic mass is 9.87. The van der Waals surface area contributed by atoms with Crippen LogP contribution in [0.3, 0.4) is 0 Å². The molecular weight excluding hydrogens is 148 g/mol. The Morgan fingerprint density at radius 1 is 1.67 bits per heavy atom. The van der Waals surface area contributed by atoms with Crippen LogP contribution in [0.15, 0.2) is 11.6 Å². The van der Waals surface area contributed by atoms with Gasteiger partial charge in [0.25, 0.3) is 0 Å². The average Bonchev–Trinajstić information content (AvgIpc) is 2.09. The molecule has 70 valence electrons. The van der Waals surface area contributed by atoms with Crippen LogP contribution in [0.2, 0.25) is 0 Å². The van der Waals surface area contributed by atoms with E-state index in [-0.39, 0.29) is 0 Å². The number of ether oxygens (including phenoxy) is 1.